The molecule has 0 radical (unpaired) electrons. The van der Waals surface area contributed by atoms with Gasteiger partial charge < -0.3 is 24.2 Å². The average molecular weight is 480 g/mol. The monoisotopic (exact) mass is 479 g/mol. The van der Waals surface area contributed by atoms with Crippen molar-refractivity contribution in [2.24, 2.45) is 0 Å². The topological polar surface area (TPSA) is 79.4 Å². The van der Waals surface area contributed by atoms with Gasteiger partial charge in [-0.25, -0.2) is 9.59 Å². The highest BCUT2D eigenvalue weighted by Gasteiger charge is 2.45. The number of hydrogen-bond acceptors (Lipinski definition) is 5. The predicted octanol–water partition coefficient (Wildman–Crippen LogP) is 4.22. The largest absolute Gasteiger partial charge is 0.461 e. The fourth-order valence-electron chi connectivity index (χ4n) is 4.52. The Balaban J connectivity index is 1.45. The maximum Gasteiger partial charge on any atom is 0.410 e. The van der Waals surface area contributed by atoms with Gasteiger partial charge in [0, 0.05) is 26.2 Å². The summed E-state index contributed by atoms with van der Waals surface area (Å²) in [6.07, 6.45) is -0.314. The number of benzene rings is 2. The van der Waals surface area contributed by atoms with Crippen LogP contribution >= 0.6 is 0 Å². The summed E-state index contributed by atoms with van der Waals surface area (Å²) in [6, 6.07) is 18.3. The molecule has 3 amide bonds. The van der Waals surface area contributed by atoms with Crippen molar-refractivity contribution in [2.75, 3.05) is 26.2 Å². The molecule has 2 saturated heterocycles. The van der Waals surface area contributed by atoms with Crippen LogP contribution in [0.5, 0.6) is 0 Å². The maximum absolute atomic E-state index is 13.4. The van der Waals surface area contributed by atoms with Crippen LogP contribution in [0.25, 0.3) is 0 Å². The van der Waals surface area contributed by atoms with E-state index in [1.165, 1.54) is 0 Å². The molecule has 0 aliphatic carbocycles. The van der Waals surface area contributed by atoms with Gasteiger partial charge in [0.1, 0.15) is 12.2 Å². The van der Waals surface area contributed by atoms with E-state index in [-0.39, 0.29) is 37.2 Å². The molecule has 0 aromatic heterocycles. The average Bonchev–Trinajstić information content (AvgIpc) is 3.17. The molecule has 4 rings (SSSR count). The minimum Gasteiger partial charge on any atom is -0.461 e. The lowest BCUT2D eigenvalue weighted by atomic mass is 10.0. The quantitative estimate of drug-likeness (QED) is 0.580. The van der Waals surface area contributed by atoms with E-state index in [9.17, 15) is 14.4 Å². The van der Waals surface area contributed by atoms with Gasteiger partial charge in [-0.3, -0.25) is 4.79 Å². The lowest BCUT2D eigenvalue weighted by Crippen LogP contribution is -2.54. The third-order valence-electron chi connectivity index (χ3n) is 6.20. The molecule has 0 saturated carbocycles. The van der Waals surface area contributed by atoms with Gasteiger partial charge in [0.25, 0.3) is 0 Å². The van der Waals surface area contributed by atoms with Gasteiger partial charge in [-0.2, -0.15) is 0 Å². The van der Waals surface area contributed by atoms with E-state index in [1.807, 2.05) is 81.4 Å². The number of urea groups is 1. The van der Waals surface area contributed by atoms with Crippen molar-refractivity contribution in [2.45, 2.75) is 51.5 Å². The molecule has 2 aromatic rings. The van der Waals surface area contributed by atoms with Crippen molar-refractivity contribution >= 4 is 18.1 Å². The Bertz CT molecular complexity index is 1040. The van der Waals surface area contributed by atoms with Crippen molar-refractivity contribution < 1.29 is 23.9 Å². The third-order valence-corrected chi connectivity index (χ3v) is 6.20. The van der Waals surface area contributed by atoms with Gasteiger partial charge >= 0.3 is 18.1 Å². The summed E-state index contributed by atoms with van der Waals surface area (Å²) in [5, 5.41) is 0. The number of amides is 3. The van der Waals surface area contributed by atoms with Crippen molar-refractivity contribution in [1.29, 1.82) is 0 Å². The van der Waals surface area contributed by atoms with Gasteiger partial charge in [0.05, 0.1) is 18.5 Å². The zero-order valence-corrected chi connectivity index (χ0v) is 20.6. The molecule has 1 unspecified atom stereocenters. The lowest BCUT2D eigenvalue weighted by molar-refractivity contribution is -0.146. The van der Waals surface area contributed by atoms with Crippen molar-refractivity contribution in [3.63, 3.8) is 0 Å². The van der Waals surface area contributed by atoms with Crippen molar-refractivity contribution in [3.8, 4) is 0 Å². The second kappa shape index (κ2) is 10.4. The fraction of sp³-hybridized carbons (Fsp3) is 0.444. The summed E-state index contributed by atoms with van der Waals surface area (Å²) >= 11 is 0. The molecule has 2 aromatic carbocycles. The first-order chi connectivity index (χ1) is 16.7. The van der Waals surface area contributed by atoms with E-state index in [0.29, 0.717) is 26.2 Å². The molecule has 8 heteroatoms. The Labute approximate surface area is 206 Å². The first-order valence-electron chi connectivity index (χ1n) is 12.0. The van der Waals surface area contributed by atoms with Crippen LogP contribution in [0.4, 0.5) is 9.59 Å². The standard InChI is InChI=1S/C27H33N3O5/c1-27(2,3)35-26(33)28-14-15-29-22(17-28)18-30(25(29)32)23(21-12-8-5-9-13-21)16-24(31)34-19-20-10-6-4-7-11-20/h4-13,22-23H,14-19H2,1-3H3/t22-,23?/m0/s1. The second-order valence-corrected chi connectivity index (χ2v) is 9.99. The Morgan fingerprint density at radius 2 is 1.63 bits per heavy atom. The number of fused-ring (bicyclic) bond motifs is 1. The van der Waals surface area contributed by atoms with Crippen LogP contribution in [0, 0.1) is 0 Å². The molecular weight excluding hydrogens is 446 g/mol. The number of piperazine rings is 1. The third kappa shape index (κ3) is 6.12. The Morgan fingerprint density at radius 3 is 2.29 bits per heavy atom. The van der Waals surface area contributed by atoms with E-state index in [1.54, 1.807) is 14.7 Å². The van der Waals surface area contributed by atoms with E-state index in [2.05, 4.69) is 0 Å². The van der Waals surface area contributed by atoms with Crippen LogP contribution in [-0.4, -0.2) is 70.6 Å². The number of nitrogens with zero attached hydrogens (tertiary/aromatic N) is 3. The van der Waals surface area contributed by atoms with E-state index in [4.69, 9.17) is 9.47 Å². The molecule has 2 fully saturated rings. The van der Waals surface area contributed by atoms with Crippen LogP contribution in [0.3, 0.4) is 0 Å². The van der Waals surface area contributed by atoms with E-state index >= 15 is 0 Å². The summed E-state index contributed by atoms with van der Waals surface area (Å²) in [5.41, 5.74) is 1.21. The summed E-state index contributed by atoms with van der Waals surface area (Å²) in [7, 11) is 0. The molecule has 0 spiro atoms. The highest BCUT2D eigenvalue weighted by Crippen LogP contribution is 2.32. The number of carbonyl (C=O) groups excluding carboxylic acids is 3. The number of ether oxygens (including phenoxy) is 2. The SMILES string of the molecule is CC(C)(C)OC(=O)N1CCN2C(=O)N(C(CC(=O)OCc3ccccc3)c3ccccc3)C[C@@H]2C1. The summed E-state index contributed by atoms with van der Waals surface area (Å²) in [4.78, 5) is 44.0. The minimum atomic E-state index is -0.579. The Hall–Kier alpha value is -3.55. The van der Waals surface area contributed by atoms with Gasteiger partial charge in [0.15, 0.2) is 0 Å². The number of carbonyl (C=O) groups is 3. The second-order valence-electron chi connectivity index (χ2n) is 9.99. The molecule has 2 atom stereocenters. The summed E-state index contributed by atoms with van der Waals surface area (Å²) in [5.74, 6) is -0.365. The normalized spacial score (nSPS) is 18.8. The molecule has 2 heterocycles. The lowest BCUT2D eigenvalue weighted by Gasteiger charge is -2.37. The molecule has 2 aliphatic rings. The van der Waals surface area contributed by atoms with Gasteiger partial charge in [-0.05, 0) is 31.9 Å². The molecule has 0 bridgehead atoms. The maximum atomic E-state index is 13.4. The highest BCUT2D eigenvalue weighted by molar-refractivity contribution is 5.80. The van der Waals surface area contributed by atoms with Crippen molar-refractivity contribution in [1.82, 2.24) is 14.7 Å². The van der Waals surface area contributed by atoms with Crippen LogP contribution in [0.2, 0.25) is 0 Å². The van der Waals surface area contributed by atoms with E-state index in [0.717, 1.165) is 11.1 Å². The number of rotatable bonds is 6. The Kier molecular flexibility index (Phi) is 7.28. The minimum absolute atomic E-state index is 0.0545. The van der Waals surface area contributed by atoms with Crippen LogP contribution in [0.15, 0.2) is 60.7 Å². The van der Waals surface area contributed by atoms with Gasteiger partial charge in [-0.15, -0.1) is 0 Å². The molecule has 186 valence electrons. The number of hydrogen-bond donors (Lipinski definition) is 0. The van der Waals surface area contributed by atoms with Crippen LogP contribution in [-0.2, 0) is 20.9 Å². The van der Waals surface area contributed by atoms with Crippen LogP contribution < -0.4 is 0 Å². The zero-order valence-electron chi connectivity index (χ0n) is 20.6. The predicted molar refractivity (Wildman–Crippen MR) is 130 cm³/mol. The highest BCUT2D eigenvalue weighted by atomic mass is 16.6. The fourth-order valence-corrected chi connectivity index (χ4v) is 4.52. The Morgan fingerprint density at radius 1 is 0.971 bits per heavy atom. The molecule has 8 nitrogen and oxygen atoms in total. The summed E-state index contributed by atoms with van der Waals surface area (Å²) < 4.78 is 11.0. The molecule has 2 aliphatic heterocycles. The van der Waals surface area contributed by atoms with Crippen LogP contribution in [0.1, 0.15) is 44.4 Å². The molecule has 35 heavy (non-hydrogen) atoms. The summed E-state index contributed by atoms with van der Waals surface area (Å²) in [6.45, 7) is 7.37. The van der Waals surface area contributed by atoms with E-state index < -0.39 is 11.6 Å². The first-order valence-corrected chi connectivity index (χ1v) is 12.0. The van der Waals surface area contributed by atoms with Gasteiger partial charge in [0.2, 0.25) is 0 Å². The smallest absolute Gasteiger partial charge is 0.410 e. The van der Waals surface area contributed by atoms with Crippen molar-refractivity contribution in [3.05, 3.63) is 71.8 Å². The van der Waals surface area contributed by atoms with Gasteiger partial charge in [-0.1, -0.05) is 60.7 Å². The zero-order chi connectivity index (χ0) is 25.0. The molecular formula is C27H33N3O5. The number of esters is 1. The first kappa shape index (κ1) is 24.6. The molecule has 0 N–H and O–H groups in total.